The predicted molar refractivity (Wildman–Crippen MR) is 155 cm³/mol. The SMILES string of the molecule is Cc1cccc(OCC(C)C)c1-n1nc2c(c1-c1ccc3[nH]ccc3c1)CN(Cc1ccccc1C(F)(F)F)CC2. The molecule has 1 N–H and O–H groups in total. The highest BCUT2D eigenvalue weighted by Gasteiger charge is 2.34. The zero-order chi connectivity index (χ0) is 28.7. The van der Waals surface area contributed by atoms with Crippen molar-refractivity contribution < 1.29 is 17.9 Å². The molecule has 0 saturated heterocycles. The van der Waals surface area contributed by atoms with Crippen LogP contribution in [0, 0.1) is 12.8 Å². The molecule has 2 aromatic heterocycles. The van der Waals surface area contributed by atoms with E-state index in [1.165, 1.54) is 6.07 Å². The van der Waals surface area contributed by atoms with Gasteiger partial charge in [-0.05, 0) is 54.3 Å². The number of aromatic amines is 1. The number of rotatable bonds is 7. The van der Waals surface area contributed by atoms with Gasteiger partial charge in [-0.1, -0.05) is 50.2 Å². The zero-order valence-corrected chi connectivity index (χ0v) is 23.4. The standard InChI is InChI=1S/C33H33F3N4O/c1-21(2)20-41-30-10-6-7-22(3)31(30)40-32(24-11-12-28-23(17-24)13-15-37-28)26-19-39(16-14-29(26)38-40)18-25-8-4-5-9-27(25)33(34,35)36/h4-13,15,17,21,37H,14,16,18-20H2,1-3H3. The van der Waals surface area contributed by atoms with E-state index < -0.39 is 11.7 Å². The van der Waals surface area contributed by atoms with Crippen molar-refractivity contribution in [2.24, 2.45) is 5.92 Å². The summed E-state index contributed by atoms with van der Waals surface area (Å²) in [5.41, 5.74) is 6.62. The van der Waals surface area contributed by atoms with Crippen molar-refractivity contribution in [2.45, 2.75) is 46.5 Å². The summed E-state index contributed by atoms with van der Waals surface area (Å²) in [5.74, 6) is 1.12. The van der Waals surface area contributed by atoms with Crippen LogP contribution in [0.25, 0.3) is 27.8 Å². The molecule has 3 heterocycles. The van der Waals surface area contributed by atoms with Gasteiger partial charge in [0.1, 0.15) is 11.4 Å². The van der Waals surface area contributed by atoms with Gasteiger partial charge in [0.05, 0.1) is 23.6 Å². The molecule has 3 aromatic carbocycles. The highest BCUT2D eigenvalue weighted by atomic mass is 19.4. The molecule has 0 amide bonds. The first kappa shape index (κ1) is 27.1. The van der Waals surface area contributed by atoms with Gasteiger partial charge in [-0.15, -0.1) is 0 Å². The second-order valence-electron chi connectivity index (χ2n) is 11.2. The fourth-order valence-electron chi connectivity index (χ4n) is 5.68. The van der Waals surface area contributed by atoms with E-state index in [2.05, 4.69) is 54.9 Å². The highest BCUT2D eigenvalue weighted by Crippen LogP contribution is 2.39. The lowest BCUT2D eigenvalue weighted by Gasteiger charge is -2.28. The molecule has 0 atom stereocenters. The Kier molecular flexibility index (Phi) is 7.11. The monoisotopic (exact) mass is 558 g/mol. The van der Waals surface area contributed by atoms with E-state index in [0.717, 1.165) is 56.5 Å². The first-order valence-corrected chi connectivity index (χ1v) is 14.0. The molecule has 6 rings (SSSR count). The molecule has 0 bridgehead atoms. The zero-order valence-electron chi connectivity index (χ0n) is 23.4. The molecule has 0 spiro atoms. The quantitative estimate of drug-likeness (QED) is 0.221. The number of halogens is 3. The maximum Gasteiger partial charge on any atom is 0.416 e. The fourth-order valence-corrected chi connectivity index (χ4v) is 5.68. The Morgan fingerprint density at radius 1 is 1.02 bits per heavy atom. The summed E-state index contributed by atoms with van der Waals surface area (Å²) < 4.78 is 49.6. The Balaban J connectivity index is 1.46. The lowest BCUT2D eigenvalue weighted by molar-refractivity contribution is -0.138. The average Bonchev–Trinajstić information content (AvgIpc) is 3.55. The molecule has 1 aliphatic rings. The molecule has 5 nitrogen and oxygen atoms in total. The number of aromatic nitrogens is 3. The van der Waals surface area contributed by atoms with Gasteiger partial charge < -0.3 is 9.72 Å². The van der Waals surface area contributed by atoms with Gasteiger partial charge in [-0.3, -0.25) is 4.90 Å². The molecular weight excluding hydrogens is 525 g/mol. The van der Waals surface area contributed by atoms with E-state index in [1.807, 2.05) is 29.1 Å². The molecule has 0 fully saturated rings. The number of ether oxygens (including phenoxy) is 1. The van der Waals surface area contributed by atoms with Crippen molar-refractivity contribution in [3.05, 3.63) is 101 Å². The number of alkyl halides is 3. The third-order valence-electron chi connectivity index (χ3n) is 7.64. The van der Waals surface area contributed by atoms with Crippen LogP contribution in [-0.2, 0) is 25.7 Å². The van der Waals surface area contributed by atoms with Crippen molar-refractivity contribution >= 4 is 10.9 Å². The van der Waals surface area contributed by atoms with Crippen LogP contribution in [0.15, 0.2) is 72.9 Å². The minimum absolute atomic E-state index is 0.212. The van der Waals surface area contributed by atoms with Crippen LogP contribution in [-0.4, -0.2) is 32.8 Å². The Morgan fingerprint density at radius 3 is 2.66 bits per heavy atom. The van der Waals surface area contributed by atoms with Crippen molar-refractivity contribution in [1.82, 2.24) is 19.7 Å². The summed E-state index contributed by atoms with van der Waals surface area (Å²) >= 11 is 0. The number of hydrogen-bond donors (Lipinski definition) is 1. The number of aryl methyl sites for hydroxylation is 1. The van der Waals surface area contributed by atoms with E-state index in [0.29, 0.717) is 32.0 Å². The number of H-pyrrole nitrogens is 1. The van der Waals surface area contributed by atoms with Crippen LogP contribution in [0.3, 0.4) is 0 Å². The summed E-state index contributed by atoms with van der Waals surface area (Å²) in [4.78, 5) is 5.34. The largest absolute Gasteiger partial charge is 0.491 e. The first-order valence-electron chi connectivity index (χ1n) is 14.0. The van der Waals surface area contributed by atoms with Crippen molar-refractivity contribution in [3.8, 4) is 22.7 Å². The van der Waals surface area contributed by atoms with Crippen LogP contribution in [0.5, 0.6) is 5.75 Å². The van der Waals surface area contributed by atoms with Crippen LogP contribution < -0.4 is 4.74 Å². The molecule has 0 saturated carbocycles. The molecule has 0 aliphatic carbocycles. The number of benzene rings is 3. The van der Waals surface area contributed by atoms with E-state index in [9.17, 15) is 13.2 Å². The normalized spacial score (nSPS) is 14.1. The number of para-hydroxylation sites is 1. The maximum atomic E-state index is 13.8. The lowest BCUT2D eigenvalue weighted by Crippen LogP contribution is -2.30. The van der Waals surface area contributed by atoms with Crippen LogP contribution in [0.1, 0.15) is 41.8 Å². The number of nitrogens with zero attached hydrogens (tertiary/aromatic N) is 3. The van der Waals surface area contributed by atoms with E-state index >= 15 is 0 Å². The second kappa shape index (κ2) is 10.7. The Labute approximate surface area is 237 Å². The molecule has 5 aromatic rings. The second-order valence-corrected chi connectivity index (χ2v) is 11.2. The molecular formula is C33H33F3N4O. The van der Waals surface area contributed by atoms with Crippen molar-refractivity contribution in [2.75, 3.05) is 13.2 Å². The van der Waals surface area contributed by atoms with Crippen LogP contribution in [0.4, 0.5) is 13.2 Å². The molecule has 1 aliphatic heterocycles. The molecule has 212 valence electrons. The minimum atomic E-state index is -4.39. The van der Waals surface area contributed by atoms with Gasteiger partial charge in [0.2, 0.25) is 0 Å². The van der Waals surface area contributed by atoms with Crippen LogP contribution >= 0.6 is 0 Å². The Bertz CT molecular complexity index is 1700. The van der Waals surface area contributed by atoms with Gasteiger partial charge in [-0.2, -0.15) is 18.3 Å². The topological polar surface area (TPSA) is 46.1 Å². The van der Waals surface area contributed by atoms with E-state index in [4.69, 9.17) is 9.84 Å². The van der Waals surface area contributed by atoms with Crippen molar-refractivity contribution in [3.63, 3.8) is 0 Å². The van der Waals surface area contributed by atoms with Gasteiger partial charge in [0, 0.05) is 54.3 Å². The Hall–Kier alpha value is -4.04. The summed E-state index contributed by atoms with van der Waals surface area (Å²) in [7, 11) is 0. The van der Waals surface area contributed by atoms with Crippen LogP contribution in [0.2, 0.25) is 0 Å². The number of fused-ring (bicyclic) bond motifs is 2. The van der Waals surface area contributed by atoms with E-state index in [-0.39, 0.29) is 12.1 Å². The number of nitrogens with one attached hydrogen (secondary N) is 1. The molecule has 41 heavy (non-hydrogen) atoms. The number of hydrogen-bond acceptors (Lipinski definition) is 3. The van der Waals surface area contributed by atoms with Gasteiger partial charge in [-0.25, -0.2) is 4.68 Å². The van der Waals surface area contributed by atoms with Gasteiger partial charge in [0.25, 0.3) is 0 Å². The van der Waals surface area contributed by atoms with Crippen molar-refractivity contribution in [1.29, 1.82) is 0 Å². The molecule has 0 radical (unpaired) electrons. The maximum absolute atomic E-state index is 13.8. The minimum Gasteiger partial charge on any atom is -0.491 e. The summed E-state index contributed by atoms with van der Waals surface area (Å²) in [6.45, 7) is 8.19. The molecule has 8 heteroatoms. The average molecular weight is 559 g/mol. The fraction of sp³-hybridized carbons (Fsp3) is 0.303. The summed E-state index contributed by atoms with van der Waals surface area (Å²) in [6.07, 6.45) is -1.83. The third-order valence-corrected chi connectivity index (χ3v) is 7.64. The van der Waals surface area contributed by atoms with E-state index in [1.54, 1.807) is 12.1 Å². The smallest absolute Gasteiger partial charge is 0.416 e. The summed E-state index contributed by atoms with van der Waals surface area (Å²) in [5, 5.41) is 6.21. The van der Waals surface area contributed by atoms with Gasteiger partial charge in [0.15, 0.2) is 0 Å². The highest BCUT2D eigenvalue weighted by molar-refractivity contribution is 5.85. The molecule has 0 unspecified atom stereocenters. The van der Waals surface area contributed by atoms with Gasteiger partial charge >= 0.3 is 6.18 Å². The third kappa shape index (κ3) is 5.36. The first-order chi connectivity index (χ1) is 19.7. The summed E-state index contributed by atoms with van der Waals surface area (Å²) in [6, 6.07) is 20.2. The lowest BCUT2D eigenvalue weighted by atomic mass is 9.98. The Morgan fingerprint density at radius 2 is 1.85 bits per heavy atom. The predicted octanol–water partition coefficient (Wildman–Crippen LogP) is 7.94.